The van der Waals surface area contributed by atoms with E-state index in [0.717, 1.165) is 9.87 Å². The van der Waals surface area contributed by atoms with Crippen LogP contribution in [0.1, 0.15) is 25.0 Å². The summed E-state index contributed by atoms with van der Waals surface area (Å²) in [5, 5.41) is 15.8. The second kappa shape index (κ2) is 13.3. The molecule has 41 heavy (non-hydrogen) atoms. The fraction of sp³-hybridized carbons (Fsp3) is 0.370. The number of aliphatic carboxylic acids is 1. The van der Waals surface area contributed by atoms with Crippen molar-refractivity contribution in [1.82, 2.24) is 19.9 Å². The van der Waals surface area contributed by atoms with Gasteiger partial charge in [0.25, 0.3) is 10.0 Å². The van der Waals surface area contributed by atoms with Gasteiger partial charge >= 0.3 is 12.1 Å². The van der Waals surface area contributed by atoms with Crippen LogP contribution in [0.25, 0.3) is 0 Å². The maximum Gasteiger partial charge on any atom is 0.414 e. The van der Waals surface area contributed by atoms with Crippen LogP contribution in [-0.2, 0) is 21.2 Å². The summed E-state index contributed by atoms with van der Waals surface area (Å²) in [5.74, 6) is -0.845. The summed E-state index contributed by atoms with van der Waals surface area (Å²) in [6.07, 6.45) is -0.505. The standard InChI is InChI=1S/C27H35N7O6S/c1-17(2)16-28-24-30-25(32-26(31-24)34(6)41(38,39)21-13-7-18(3)8-14-21)29-22(23(35)36)15-19-9-11-20(12-10-19)40-27(37)33(4)5/h7-14,17,22H,15-16H2,1-6H3,(H,35,36)(H2,28,29,30,31,32)/t22-/m0/s1. The molecule has 1 heterocycles. The van der Waals surface area contributed by atoms with E-state index >= 15 is 0 Å². The quantitative estimate of drug-likeness (QED) is 0.285. The lowest BCUT2D eigenvalue weighted by Gasteiger charge is -2.20. The summed E-state index contributed by atoms with van der Waals surface area (Å²) >= 11 is 0. The van der Waals surface area contributed by atoms with E-state index < -0.39 is 28.1 Å². The number of nitrogens with zero attached hydrogens (tertiary/aromatic N) is 5. The first-order valence-corrected chi connectivity index (χ1v) is 14.2. The number of carbonyl (C=O) groups excluding carboxylic acids is 1. The first kappa shape index (κ1) is 31.1. The highest BCUT2D eigenvalue weighted by Crippen LogP contribution is 2.22. The second-order valence-corrected chi connectivity index (χ2v) is 12.0. The Labute approximate surface area is 239 Å². The molecule has 3 N–H and O–H groups in total. The van der Waals surface area contributed by atoms with Crippen molar-refractivity contribution >= 4 is 39.9 Å². The molecule has 0 saturated carbocycles. The number of aromatic nitrogens is 3. The minimum Gasteiger partial charge on any atom is -0.480 e. The molecule has 0 saturated heterocycles. The Hall–Kier alpha value is -4.46. The molecule has 2 aromatic carbocycles. The Morgan fingerprint density at radius 1 is 0.951 bits per heavy atom. The van der Waals surface area contributed by atoms with E-state index in [2.05, 4.69) is 25.6 Å². The number of aryl methyl sites for hydroxylation is 1. The Morgan fingerprint density at radius 2 is 1.56 bits per heavy atom. The number of amides is 1. The van der Waals surface area contributed by atoms with Crippen molar-refractivity contribution in [1.29, 1.82) is 0 Å². The monoisotopic (exact) mass is 585 g/mol. The molecule has 0 aliphatic heterocycles. The molecule has 0 fully saturated rings. The van der Waals surface area contributed by atoms with Crippen molar-refractivity contribution in [3.8, 4) is 5.75 Å². The van der Waals surface area contributed by atoms with E-state index in [4.69, 9.17) is 4.74 Å². The topological polar surface area (TPSA) is 167 Å². The van der Waals surface area contributed by atoms with Crippen LogP contribution >= 0.6 is 0 Å². The largest absolute Gasteiger partial charge is 0.480 e. The van der Waals surface area contributed by atoms with Gasteiger partial charge in [0, 0.05) is 34.1 Å². The highest BCUT2D eigenvalue weighted by molar-refractivity contribution is 7.92. The number of anilines is 3. The Kier molecular flexibility index (Phi) is 10.1. The van der Waals surface area contributed by atoms with E-state index in [1.807, 2.05) is 20.8 Å². The smallest absolute Gasteiger partial charge is 0.414 e. The molecule has 1 amide bonds. The summed E-state index contributed by atoms with van der Waals surface area (Å²) in [6, 6.07) is 11.6. The normalized spacial score (nSPS) is 12.0. The van der Waals surface area contributed by atoms with Gasteiger partial charge in [-0.3, -0.25) is 0 Å². The number of rotatable bonds is 12. The third-order valence-electron chi connectivity index (χ3n) is 5.79. The van der Waals surface area contributed by atoms with Crippen LogP contribution in [0.4, 0.5) is 22.6 Å². The first-order valence-electron chi connectivity index (χ1n) is 12.8. The zero-order valence-electron chi connectivity index (χ0n) is 23.8. The molecule has 1 atom stereocenters. The van der Waals surface area contributed by atoms with Gasteiger partial charge in [-0.2, -0.15) is 15.0 Å². The molecule has 1 aromatic heterocycles. The van der Waals surface area contributed by atoms with Gasteiger partial charge in [-0.15, -0.1) is 0 Å². The zero-order chi connectivity index (χ0) is 30.3. The van der Waals surface area contributed by atoms with Crippen LogP contribution in [0, 0.1) is 12.8 Å². The molecular formula is C27H35N7O6S. The molecule has 220 valence electrons. The second-order valence-electron chi connectivity index (χ2n) is 9.99. The van der Waals surface area contributed by atoms with Crippen LogP contribution in [0.2, 0.25) is 0 Å². The van der Waals surface area contributed by atoms with Crippen molar-refractivity contribution in [3.05, 3.63) is 59.7 Å². The summed E-state index contributed by atoms with van der Waals surface area (Å²) in [5.41, 5.74) is 1.54. The molecule has 0 aliphatic rings. The Morgan fingerprint density at radius 3 is 2.12 bits per heavy atom. The molecule has 3 aromatic rings. The van der Waals surface area contributed by atoms with Crippen LogP contribution < -0.4 is 19.7 Å². The predicted molar refractivity (Wildman–Crippen MR) is 155 cm³/mol. The molecular weight excluding hydrogens is 550 g/mol. The molecule has 0 bridgehead atoms. The highest BCUT2D eigenvalue weighted by Gasteiger charge is 2.26. The lowest BCUT2D eigenvalue weighted by molar-refractivity contribution is -0.137. The number of benzene rings is 2. The molecule has 0 aliphatic carbocycles. The van der Waals surface area contributed by atoms with Crippen molar-refractivity contribution in [3.63, 3.8) is 0 Å². The fourth-order valence-corrected chi connectivity index (χ4v) is 4.49. The summed E-state index contributed by atoms with van der Waals surface area (Å²) in [4.78, 5) is 38.1. The first-order chi connectivity index (χ1) is 19.3. The van der Waals surface area contributed by atoms with Crippen molar-refractivity contribution < 1.29 is 27.9 Å². The summed E-state index contributed by atoms with van der Waals surface area (Å²) in [6.45, 7) is 6.30. The molecule has 0 radical (unpaired) electrons. The van der Waals surface area contributed by atoms with E-state index in [9.17, 15) is 23.1 Å². The summed E-state index contributed by atoms with van der Waals surface area (Å²) < 4.78 is 32.7. The average molecular weight is 586 g/mol. The number of nitrogens with one attached hydrogen (secondary N) is 2. The van der Waals surface area contributed by atoms with Crippen LogP contribution in [-0.4, -0.2) is 79.2 Å². The summed E-state index contributed by atoms with van der Waals surface area (Å²) in [7, 11) is 0.427. The van der Waals surface area contributed by atoms with Crippen molar-refractivity contribution in [2.75, 3.05) is 42.6 Å². The predicted octanol–water partition coefficient (Wildman–Crippen LogP) is 3.24. The van der Waals surface area contributed by atoms with E-state index in [0.29, 0.717) is 17.9 Å². The van der Waals surface area contributed by atoms with E-state index in [-0.39, 0.29) is 35.1 Å². The lowest BCUT2D eigenvalue weighted by Crippen LogP contribution is -2.33. The molecule has 3 rings (SSSR count). The minimum absolute atomic E-state index is 0.0323. The number of carbonyl (C=O) groups is 2. The van der Waals surface area contributed by atoms with Gasteiger partial charge in [-0.1, -0.05) is 43.7 Å². The maximum absolute atomic E-state index is 13.3. The Balaban J connectivity index is 1.88. The van der Waals surface area contributed by atoms with Gasteiger partial charge in [-0.25, -0.2) is 22.3 Å². The van der Waals surface area contributed by atoms with Gasteiger partial charge in [0.2, 0.25) is 17.8 Å². The third kappa shape index (κ3) is 8.51. The molecule has 0 spiro atoms. The van der Waals surface area contributed by atoms with Gasteiger partial charge in [-0.05, 0) is 42.7 Å². The van der Waals surface area contributed by atoms with Gasteiger partial charge < -0.3 is 25.4 Å². The number of hydrogen-bond acceptors (Lipinski definition) is 10. The Bertz CT molecular complexity index is 1460. The zero-order valence-corrected chi connectivity index (χ0v) is 24.6. The number of hydrogen-bond donors (Lipinski definition) is 3. The van der Waals surface area contributed by atoms with Crippen LogP contribution in [0.15, 0.2) is 53.4 Å². The number of carboxylic acids is 1. The van der Waals surface area contributed by atoms with Crippen molar-refractivity contribution in [2.45, 2.75) is 38.1 Å². The lowest BCUT2D eigenvalue weighted by atomic mass is 10.1. The van der Waals surface area contributed by atoms with Gasteiger partial charge in [0.1, 0.15) is 11.8 Å². The van der Waals surface area contributed by atoms with Crippen molar-refractivity contribution in [2.24, 2.45) is 5.92 Å². The third-order valence-corrected chi connectivity index (χ3v) is 7.54. The number of sulfonamides is 1. The van der Waals surface area contributed by atoms with E-state index in [1.165, 1.54) is 24.1 Å². The molecule has 0 unspecified atom stereocenters. The average Bonchev–Trinajstić information content (AvgIpc) is 2.92. The minimum atomic E-state index is -4.02. The molecule has 13 nitrogen and oxygen atoms in total. The number of ether oxygens (including phenoxy) is 1. The van der Waals surface area contributed by atoms with Crippen LogP contribution in [0.5, 0.6) is 5.75 Å². The van der Waals surface area contributed by atoms with Gasteiger partial charge in [0.05, 0.1) is 4.90 Å². The van der Waals surface area contributed by atoms with E-state index in [1.54, 1.807) is 50.5 Å². The molecule has 14 heteroatoms. The van der Waals surface area contributed by atoms with Crippen LogP contribution in [0.3, 0.4) is 0 Å². The highest BCUT2D eigenvalue weighted by atomic mass is 32.2. The number of carboxylic acid groups (broad SMARTS) is 1. The fourth-order valence-electron chi connectivity index (χ4n) is 3.40. The van der Waals surface area contributed by atoms with Gasteiger partial charge in [0.15, 0.2) is 0 Å². The SMILES string of the molecule is Cc1ccc(S(=O)(=O)N(C)c2nc(NCC(C)C)nc(N[C@@H](Cc3ccc(OC(=O)N(C)C)cc3)C(=O)O)n2)cc1. The maximum atomic E-state index is 13.3.